The van der Waals surface area contributed by atoms with E-state index in [9.17, 15) is 4.79 Å². The molecule has 39 heavy (non-hydrogen) atoms. The quantitative estimate of drug-likeness (QED) is 0.408. The summed E-state index contributed by atoms with van der Waals surface area (Å²) in [5, 5.41) is 0. The van der Waals surface area contributed by atoms with Crippen molar-refractivity contribution >= 4 is 5.91 Å². The van der Waals surface area contributed by atoms with Crippen LogP contribution in [-0.4, -0.2) is 78.6 Å². The second-order valence-corrected chi connectivity index (χ2v) is 12.6. The molecule has 5 heteroatoms. The molecule has 0 bridgehead atoms. The van der Waals surface area contributed by atoms with Crippen molar-refractivity contribution in [1.29, 1.82) is 0 Å². The molecule has 0 saturated carbocycles. The molecule has 1 amide bonds. The van der Waals surface area contributed by atoms with Crippen LogP contribution in [0, 0.1) is 6.92 Å². The van der Waals surface area contributed by atoms with Crippen molar-refractivity contribution in [1.82, 2.24) is 14.7 Å². The summed E-state index contributed by atoms with van der Waals surface area (Å²) in [6.07, 6.45) is 9.51. The number of carbonyl (C=O) groups excluding carboxylic acids is 1. The van der Waals surface area contributed by atoms with Crippen LogP contribution in [0.25, 0.3) is 0 Å². The van der Waals surface area contributed by atoms with Crippen LogP contribution in [0.4, 0.5) is 0 Å². The lowest BCUT2D eigenvalue weighted by molar-refractivity contribution is -0.129. The molecule has 3 aliphatic rings. The van der Waals surface area contributed by atoms with Gasteiger partial charge in [0.1, 0.15) is 5.75 Å². The SMILES string of the molecule is Cc1ccc(C2(CCN3CCC(N4CCCCC4)CC3)CCN(C(=O)Cc3cccc(OC(C)C)c3)C2)cc1. The number of benzene rings is 2. The Morgan fingerprint density at radius 3 is 2.44 bits per heavy atom. The molecule has 2 aromatic rings. The first-order chi connectivity index (χ1) is 18.9. The molecule has 1 unspecified atom stereocenters. The van der Waals surface area contributed by atoms with Crippen LogP contribution in [-0.2, 0) is 16.6 Å². The highest BCUT2D eigenvalue weighted by atomic mass is 16.5. The predicted molar refractivity (Wildman–Crippen MR) is 159 cm³/mol. The molecular weight excluding hydrogens is 482 g/mol. The number of hydrogen-bond donors (Lipinski definition) is 0. The van der Waals surface area contributed by atoms with E-state index >= 15 is 0 Å². The Bertz CT molecular complexity index is 1070. The van der Waals surface area contributed by atoms with Crippen LogP contribution in [0.3, 0.4) is 0 Å². The molecule has 3 heterocycles. The molecule has 0 spiro atoms. The molecule has 2 aromatic carbocycles. The maximum Gasteiger partial charge on any atom is 0.227 e. The molecule has 0 aromatic heterocycles. The van der Waals surface area contributed by atoms with E-state index in [1.54, 1.807) is 0 Å². The molecular formula is C34H49N3O2. The van der Waals surface area contributed by atoms with Crippen molar-refractivity contribution in [2.75, 3.05) is 45.8 Å². The zero-order valence-corrected chi connectivity index (χ0v) is 24.5. The first-order valence-corrected chi connectivity index (χ1v) is 15.5. The molecule has 3 fully saturated rings. The zero-order valence-electron chi connectivity index (χ0n) is 24.5. The number of rotatable bonds is 9. The Labute approximate surface area is 236 Å². The summed E-state index contributed by atoms with van der Waals surface area (Å²) in [5.74, 6) is 1.07. The van der Waals surface area contributed by atoms with Crippen LogP contribution < -0.4 is 4.74 Å². The van der Waals surface area contributed by atoms with Gasteiger partial charge in [0.15, 0.2) is 0 Å². The second-order valence-electron chi connectivity index (χ2n) is 12.6. The minimum atomic E-state index is 0.0374. The third-order valence-electron chi connectivity index (χ3n) is 9.37. The van der Waals surface area contributed by atoms with Crippen molar-refractivity contribution in [2.45, 2.75) is 89.7 Å². The summed E-state index contributed by atoms with van der Waals surface area (Å²) in [6, 6.07) is 17.9. The van der Waals surface area contributed by atoms with Crippen LogP contribution in [0.2, 0.25) is 0 Å². The van der Waals surface area contributed by atoms with E-state index in [0.717, 1.165) is 49.8 Å². The molecule has 5 rings (SSSR count). The lowest BCUT2D eigenvalue weighted by Crippen LogP contribution is -2.47. The first kappa shape index (κ1) is 28.2. The zero-order chi connectivity index (χ0) is 27.2. The Morgan fingerprint density at radius 1 is 0.974 bits per heavy atom. The number of likely N-dealkylation sites (tertiary alicyclic amines) is 3. The fourth-order valence-electron chi connectivity index (χ4n) is 7.03. The monoisotopic (exact) mass is 531 g/mol. The highest BCUT2D eigenvalue weighted by Crippen LogP contribution is 2.39. The number of piperidine rings is 2. The van der Waals surface area contributed by atoms with Gasteiger partial charge in [-0.05, 0) is 115 Å². The lowest BCUT2D eigenvalue weighted by atomic mass is 9.76. The summed E-state index contributed by atoms with van der Waals surface area (Å²) in [7, 11) is 0. The smallest absolute Gasteiger partial charge is 0.227 e. The number of amides is 1. The van der Waals surface area contributed by atoms with Gasteiger partial charge in [0.05, 0.1) is 12.5 Å². The summed E-state index contributed by atoms with van der Waals surface area (Å²) in [6.45, 7) is 14.0. The van der Waals surface area contributed by atoms with Crippen LogP contribution in [0.5, 0.6) is 5.75 Å². The van der Waals surface area contributed by atoms with E-state index in [1.165, 1.54) is 69.4 Å². The van der Waals surface area contributed by atoms with Crippen LogP contribution in [0.15, 0.2) is 48.5 Å². The average molecular weight is 532 g/mol. The van der Waals surface area contributed by atoms with E-state index < -0.39 is 0 Å². The first-order valence-electron chi connectivity index (χ1n) is 15.5. The fourth-order valence-corrected chi connectivity index (χ4v) is 7.03. The summed E-state index contributed by atoms with van der Waals surface area (Å²) in [4.78, 5) is 21.1. The Kier molecular flexibility index (Phi) is 9.29. The standard InChI is InChI=1S/C34H49N3O2/c1-27(2)39-32-9-7-8-29(24-32)25-33(38)37-23-17-34(26-37,30-12-10-28(3)11-13-30)16-22-35-20-14-31(15-21-35)36-18-5-4-6-19-36/h7-13,24,27,31H,4-6,14-23,25-26H2,1-3H3. The van der Waals surface area contributed by atoms with E-state index in [4.69, 9.17) is 4.74 Å². The van der Waals surface area contributed by atoms with Crippen LogP contribution >= 0.6 is 0 Å². The Balaban J connectivity index is 1.21. The number of aryl methyl sites for hydroxylation is 1. The third kappa shape index (κ3) is 7.24. The van der Waals surface area contributed by atoms with Crippen molar-refractivity contribution in [3.05, 3.63) is 65.2 Å². The number of hydrogen-bond acceptors (Lipinski definition) is 4. The minimum absolute atomic E-state index is 0.0374. The van der Waals surface area contributed by atoms with Crippen LogP contribution in [0.1, 0.15) is 75.5 Å². The Hall–Kier alpha value is -2.37. The van der Waals surface area contributed by atoms with E-state index in [2.05, 4.69) is 45.9 Å². The topological polar surface area (TPSA) is 36.0 Å². The highest BCUT2D eigenvalue weighted by molar-refractivity contribution is 5.79. The molecule has 3 aliphatic heterocycles. The molecule has 0 radical (unpaired) electrons. The molecule has 1 atom stereocenters. The minimum Gasteiger partial charge on any atom is -0.491 e. The molecule has 0 aliphatic carbocycles. The normalized spacial score (nSPS) is 23.4. The van der Waals surface area contributed by atoms with Gasteiger partial charge in [0.2, 0.25) is 5.91 Å². The van der Waals surface area contributed by atoms with E-state index in [0.29, 0.717) is 6.42 Å². The van der Waals surface area contributed by atoms with Gasteiger partial charge in [0, 0.05) is 24.5 Å². The summed E-state index contributed by atoms with van der Waals surface area (Å²) >= 11 is 0. The molecule has 3 saturated heterocycles. The van der Waals surface area contributed by atoms with Gasteiger partial charge < -0.3 is 19.4 Å². The third-order valence-corrected chi connectivity index (χ3v) is 9.37. The van der Waals surface area contributed by atoms with Gasteiger partial charge in [0.25, 0.3) is 0 Å². The van der Waals surface area contributed by atoms with Gasteiger partial charge in [-0.15, -0.1) is 0 Å². The second kappa shape index (κ2) is 12.9. The maximum atomic E-state index is 13.5. The van der Waals surface area contributed by atoms with E-state index in [1.807, 2.05) is 38.1 Å². The molecule has 5 nitrogen and oxygen atoms in total. The van der Waals surface area contributed by atoms with Crippen molar-refractivity contribution in [3.63, 3.8) is 0 Å². The fraction of sp³-hybridized carbons (Fsp3) is 0.618. The number of ether oxygens (including phenoxy) is 1. The largest absolute Gasteiger partial charge is 0.491 e. The summed E-state index contributed by atoms with van der Waals surface area (Å²) in [5.41, 5.74) is 3.76. The van der Waals surface area contributed by atoms with Crippen molar-refractivity contribution in [2.24, 2.45) is 0 Å². The van der Waals surface area contributed by atoms with Crippen molar-refractivity contribution < 1.29 is 9.53 Å². The average Bonchev–Trinajstić information content (AvgIpc) is 3.39. The number of carbonyl (C=O) groups is 1. The molecule has 0 N–H and O–H groups in total. The lowest BCUT2D eigenvalue weighted by Gasteiger charge is -2.41. The van der Waals surface area contributed by atoms with Gasteiger partial charge in [-0.3, -0.25) is 4.79 Å². The predicted octanol–water partition coefficient (Wildman–Crippen LogP) is 5.84. The Morgan fingerprint density at radius 2 is 1.72 bits per heavy atom. The van der Waals surface area contributed by atoms with Gasteiger partial charge >= 0.3 is 0 Å². The summed E-state index contributed by atoms with van der Waals surface area (Å²) < 4.78 is 5.86. The van der Waals surface area contributed by atoms with E-state index in [-0.39, 0.29) is 17.4 Å². The molecule has 212 valence electrons. The number of nitrogens with zero attached hydrogens (tertiary/aromatic N) is 3. The maximum absolute atomic E-state index is 13.5. The van der Waals surface area contributed by atoms with Gasteiger partial charge in [-0.1, -0.05) is 48.4 Å². The van der Waals surface area contributed by atoms with Crippen molar-refractivity contribution in [3.8, 4) is 5.75 Å². The highest BCUT2D eigenvalue weighted by Gasteiger charge is 2.41. The van der Waals surface area contributed by atoms with Gasteiger partial charge in [-0.25, -0.2) is 0 Å². The van der Waals surface area contributed by atoms with Gasteiger partial charge in [-0.2, -0.15) is 0 Å².